The van der Waals surface area contributed by atoms with Crippen LogP contribution in [-0.4, -0.2) is 48.6 Å². The molecule has 0 aliphatic heterocycles. The van der Waals surface area contributed by atoms with Gasteiger partial charge in [0.15, 0.2) is 0 Å². The predicted octanol–water partition coefficient (Wildman–Crippen LogP) is 2.07. The summed E-state index contributed by atoms with van der Waals surface area (Å²) in [6, 6.07) is 3.31. The van der Waals surface area contributed by atoms with Gasteiger partial charge in [0.25, 0.3) is 0 Å². The minimum Gasteiger partial charge on any atom is -0.359 e. The molecule has 2 atom stereocenters. The number of carbonyl (C=O) groups excluding carboxylic acids is 2. The number of amides is 2. The molecule has 0 saturated heterocycles. The van der Waals surface area contributed by atoms with Gasteiger partial charge in [-0.2, -0.15) is 0 Å². The maximum absolute atomic E-state index is 12.8. The van der Waals surface area contributed by atoms with Gasteiger partial charge in [0.2, 0.25) is 11.8 Å². The van der Waals surface area contributed by atoms with Gasteiger partial charge in [-0.25, -0.2) is 5.48 Å². The molecule has 3 N–H and O–H groups in total. The molecular formula is C21H33N3O5. The minimum atomic E-state index is -0.535. The maximum atomic E-state index is 12.8. The number of hydrogen-bond acceptors (Lipinski definition) is 6. The van der Waals surface area contributed by atoms with Gasteiger partial charge in [-0.15, -0.1) is 0 Å². The van der Waals surface area contributed by atoms with Crippen LogP contribution in [0.5, 0.6) is 0 Å². The number of pyridine rings is 1. The first kappa shape index (κ1) is 23.3. The van der Waals surface area contributed by atoms with Gasteiger partial charge < -0.3 is 14.8 Å². The van der Waals surface area contributed by atoms with E-state index in [1.807, 2.05) is 6.07 Å². The third kappa shape index (κ3) is 8.08. The first-order chi connectivity index (χ1) is 14.0. The molecule has 0 radical (unpaired) electrons. The highest BCUT2D eigenvalue weighted by molar-refractivity contribution is 5.80. The molecule has 1 saturated carbocycles. The Hall–Kier alpha value is -2.03. The number of aromatic nitrogens is 1. The Morgan fingerprint density at radius 2 is 2.07 bits per heavy atom. The molecule has 1 aliphatic rings. The van der Waals surface area contributed by atoms with Crippen LogP contribution in [0.1, 0.15) is 44.6 Å². The zero-order valence-corrected chi connectivity index (χ0v) is 17.3. The summed E-state index contributed by atoms with van der Waals surface area (Å²) in [5.41, 5.74) is 2.62. The monoisotopic (exact) mass is 407 g/mol. The van der Waals surface area contributed by atoms with Crippen LogP contribution in [0.3, 0.4) is 0 Å². The largest absolute Gasteiger partial charge is 0.359 e. The smallest absolute Gasteiger partial charge is 0.246 e. The number of hydrogen-bond donors (Lipinski definition) is 3. The van der Waals surface area contributed by atoms with Crippen molar-refractivity contribution in [3.05, 3.63) is 30.1 Å². The quantitative estimate of drug-likeness (QED) is 0.224. The van der Waals surface area contributed by atoms with E-state index in [-0.39, 0.29) is 31.3 Å². The summed E-state index contributed by atoms with van der Waals surface area (Å²) in [5.74, 6) is -0.359. The van der Waals surface area contributed by atoms with Crippen LogP contribution < -0.4 is 10.8 Å². The van der Waals surface area contributed by atoms with Gasteiger partial charge in [-0.3, -0.25) is 19.8 Å². The second kappa shape index (κ2) is 12.5. The fraction of sp³-hybridized carbons (Fsp3) is 0.667. The van der Waals surface area contributed by atoms with Crippen LogP contribution in [0, 0.1) is 17.8 Å². The van der Waals surface area contributed by atoms with E-state index >= 15 is 0 Å². The number of nitrogens with one attached hydrogen (secondary N) is 2. The molecule has 1 aromatic rings. The Morgan fingerprint density at radius 1 is 1.31 bits per heavy atom. The molecule has 29 heavy (non-hydrogen) atoms. The van der Waals surface area contributed by atoms with Gasteiger partial charge in [-0.1, -0.05) is 13.0 Å². The Bertz CT molecular complexity index is 620. The number of nitrogens with zero attached hydrogens (tertiary/aromatic N) is 1. The lowest BCUT2D eigenvalue weighted by molar-refractivity contribution is -0.135. The van der Waals surface area contributed by atoms with Gasteiger partial charge in [0, 0.05) is 31.3 Å². The highest BCUT2D eigenvalue weighted by Crippen LogP contribution is 2.28. The summed E-state index contributed by atoms with van der Waals surface area (Å²) in [6.07, 6.45) is 7.97. The molecule has 2 unspecified atom stereocenters. The molecule has 1 heterocycles. The van der Waals surface area contributed by atoms with Crippen molar-refractivity contribution in [2.45, 2.75) is 51.5 Å². The Labute approximate surface area is 172 Å². The van der Waals surface area contributed by atoms with Crippen LogP contribution in [0.15, 0.2) is 24.5 Å². The summed E-state index contributed by atoms with van der Waals surface area (Å²) in [7, 11) is 1.53. The summed E-state index contributed by atoms with van der Waals surface area (Å²) >= 11 is 0. The normalized spacial score (nSPS) is 21.2. The molecule has 1 fully saturated rings. The lowest BCUT2D eigenvalue weighted by Gasteiger charge is -2.29. The molecule has 1 aromatic heterocycles. The van der Waals surface area contributed by atoms with Crippen molar-refractivity contribution >= 4 is 11.8 Å². The molecule has 8 heteroatoms. The number of rotatable bonds is 11. The predicted molar refractivity (Wildman–Crippen MR) is 107 cm³/mol. The zero-order valence-electron chi connectivity index (χ0n) is 17.3. The summed E-state index contributed by atoms with van der Waals surface area (Å²) in [6.45, 7) is 2.55. The second-order valence-corrected chi connectivity index (χ2v) is 7.91. The van der Waals surface area contributed by atoms with Crippen LogP contribution in [0.4, 0.5) is 0 Å². The zero-order chi connectivity index (χ0) is 21.1. The second-order valence-electron chi connectivity index (χ2n) is 7.91. The Kier molecular flexibility index (Phi) is 10.0. The summed E-state index contributed by atoms with van der Waals surface area (Å²) in [5, 5.41) is 12.2. The first-order valence-corrected chi connectivity index (χ1v) is 10.2. The van der Waals surface area contributed by atoms with E-state index in [1.54, 1.807) is 23.9 Å². The SMILES string of the molecule is COCOCC(CC(Cc1cccnc1)C(=O)NO)NC(=O)C1CCC(C)CC1. The standard InChI is InChI=1S/C21H33N3O5/c1-15-5-7-17(8-6-15)20(25)23-19(13-29-14-28-2)11-18(21(26)24-27)10-16-4-3-9-22-12-16/h3-4,9,12,15,17-19,27H,5-8,10-11,13-14H2,1-2H3,(H,23,25)(H,24,26). The van der Waals surface area contributed by atoms with Crippen LogP contribution >= 0.6 is 0 Å². The molecule has 162 valence electrons. The van der Waals surface area contributed by atoms with Gasteiger partial charge in [-0.05, 0) is 56.1 Å². The van der Waals surface area contributed by atoms with E-state index in [0.29, 0.717) is 18.8 Å². The topological polar surface area (TPSA) is 110 Å². The average molecular weight is 408 g/mol. The van der Waals surface area contributed by atoms with E-state index in [1.165, 1.54) is 7.11 Å². The number of methoxy groups -OCH3 is 1. The van der Waals surface area contributed by atoms with E-state index < -0.39 is 11.8 Å². The molecule has 1 aliphatic carbocycles. The van der Waals surface area contributed by atoms with E-state index in [9.17, 15) is 9.59 Å². The Morgan fingerprint density at radius 3 is 2.69 bits per heavy atom. The molecule has 8 nitrogen and oxygen atoms in total. The van der Waals surface area contributed by atoms with Crippen molar-refractivity contribution in [3.8, 4) is 0 Å². The van der Waals surface area contributed by atoms with Crippen molar-refractivity contribution in [1.29, 1.82) is 0 Å². The molecular weight excluding hydrogens is 374 g/mol. The number of ether oxygens (including phenoxy) is 2. The average Bonchev–Trinajstić information content (AvgIpc) is 2.74. The van der Waals surface area contributed by atoms with Crippen molar-refractivity contribution < 1.29 is 24.3 Å². The Balaban J connectivity index is 2.02. The van der Waals surface area contributed by atoms with Crippen molar-refractivity contribution in [1.82, 2.24) is 15.8 Å². The lowest BCUT2D eigenvalue weighted by Crippen LogP contribution is -2.45. The number of hydroxylamine groups is 1. The van der Waals surface area contributed by atoms with Gasteiger partial charge in [0.05, 0.1) is 12.6 Å². The van der Waals surface area contributed by atoms with Gasteiger partial charge >= 0.3 is 0 Å². The third-order valence-electron chi connectivity index (χ3n) is 5.51. The van der Waals surface area contributed by atoms with Gasteiger partial charge in [0.1, 0.15) is 6.79 Å². The van der Waals surface area contributed by atoms with E-state index in [0.717, 1.165) is 31.2 Å². The molecule has 2 amide bonds. The van der Waals surface area contributed by atoms with Crippen LogP contribution in [0.25, 0.3) is 0 Å². The van der Waals surface area contributed by atoms with Crippen molar-refractivity contribution in [3.63, 3.8) is 0 Å². The van der Waals surface area contributed by atoms with Crippen molar-refractivity contribution in [2.75, 3.05) is 20.5 Å². The fourth-order valence-electron chi connectivity index (χ4n) is 3.80. The summed E-state index contributed by atoms with van der Waals surface area (Å²) < 4.78 is 10.4. The van der Waals surface area contributed by atoms with E-state index in [2.05, 4.69) is 17.2 Å². The fourth-order valence-corrected chi connectivity index (χ4v) is 3.80. The maximum Gasteiger partial charge on any atom is 0.246 e. The minimum absolute atomic E-state index is 0.000401. The molecule has 0 spiro atoms. The van der Waals surface area contributed by atoms with Crippen LogP contribution in [-0.2, 0) is 25.5 Å². The number of carbonyl (C=O) groups is 2. The lowest BCUT2D eigenvalue weighted by atomic mass is 9.82. The summed E-state index contributed by atoms with van der Waals surface area (Å²) in [4.78, 5) is 29.1. The molecule has 0 bridgehead atoms. The molecule has 2 rings (SSSR count). The highest BCUT2D eigenvalue weighted by Gasteiger charge is 2.29. The third-order valence-corrected chi connectivity index (χ3v) is 5.51. The highest BCUT2D eigenvalue weighted by atomic mass is 16.7. The van der Waals surface area contributed by atoms with E-state index in [4.69, 9.17) is 14.7 Å². The molecule has 0 aromatic carbocycles. The van der Waals surface area contributed by atoms with Crippen molar-refractivity contribution in [2.24, 2.45) is 17.8 Å². The first-order valence-electron chi connectivity index (χ1n) is 10.2. The van der Waals surface area contributed by atoms with Crippen LogP contribution in [0.2, 0.25) is 0 Å².